The molecule has 2 aliphatic heterocycles. The molecule has 2 fully saturated rings. The van der Waals surface area contributed by atoms with Crippen molar-refractivity contribution >= 4 is 5.91 Å². The molecule has 1 amide bonds. The monoisotopic (exact) mass is 338 g/mol. The largest absolute Gasteiger partial charge is 0.383 e. The molecule has 0 radical (unpaired) electrons. The number of hydrogen-bond donors (Lipinski definition) is 1. The van der Waals surface area contributed by atoms with E-state index in [1.54, 1.807) is 7.11 Å². The number of halogens is 2. The minimum absolute atomic E-state index is 0.0305. The van der Waals surface area contributed by atoms with Crippen LogP contribution in [0.15, 0.2) is 18.2 Å². The van der Waals surface area contributed by atoms with Gasteiger partial charge in [-0.15, -0.1) is 0 Å². The molecule has 2 heterocycles. The molecule has 2 atom stereocenters. The van der Waals surface area contributed by atoms with Crippen LogP contribution in [0.25, 0.3) is 0 Å². The van der Waals surface area contributed by atoms with E-state index in [2.05, 4.69) is 10.2 Å². The van der Waals surface area contributed by atoms with Crippen LogP contribution in [0.4, 0.5) is 8.78 Å². The summed E-state index contributed by atoms with van der Waals surface area (Å²) >= 11 is 0. The number of nitrogens with zero attached hydrogens (tertiary/aromatic N) is 1. The number of ether oxygens (including phenoxy) is 1. The van der Waals surface area contributed by atoms with Crippen molar-refractivity contribution < 1.29 is 18.3 Å². The van der Waals surface area contributed by atoms with Gasteiger partial charge in [-0.3, -0.25) is 9.69 Å². The van der Waals surface area contributed by atoms with Gasteiger partial charge in [0, 0.05) is 45.1 Å². The molecule has 1 N–H and O–H groups in total. The Kier molecular flexibility index (Phi) is 5.15. The van der Waals surface area contributed by atoms with Gasteiger partial charge in [-0.2, -0.15) is 0 Å². The lowest BCUT2D eigenvalue weighted by atomic mass is 9.79. The van der Waals surface area contributed by atoms with E-state index in [4.69, 9.17) is 4.74 Å². The second-order valence-corrected chi connectivity index (χ2v) is 6.89. The van der Waals surface area contributed by atoms with Crippen LogP contribution in [-0.2, 0) is 9.53 Å². The quantitative estimate of drug-likeness (QED) is 0.917. The van der Waals surface area contributed by atoms with Gasteiger partial charge in [0.25, 0.3) is 0 Å². The Morgan fingerprint density at radius 1 is 1.29 bits per heavy atom. The summed E-state index contributed by atoms with van der Waals surface area (Å²) in [4.78, 5) is 14.4. The van der Waals surface area contributed by atoms with Gasteiger partial charge in [0.05, 0.1) is 12.1 Å². The molecule has 1 aromatic carbocycles. The van der Waals surface area contributed by atoms with Crippen molar-refractivity contribution in [3.05, 3.63) is 35.4 Å². The highest BCUT2D eigenvalue weighted by Crippen LogP contribution is 2.41. The van der Waals surface area contributed by atoms with Gasteiger partial charge >= 0.3 is 0 Å². The van der Waals surface area contributed by atoms with Gasteiger partial charge in [-0.1, -0.05) is 6.42 Å². The van der Waals surface area contributed by atoms with E-state index in [0.29, 0.717) is 31.7 Å². The molecule has 0 unspecified atom stereocenters. The zero-order chi connectivity index (χ0) is 17.2. The maximum Gasteiger partial charge on any atom is 0.220 e. The van der Waals surface area contributed by atoms with E-state index in [0.717, 1.165) is 31.9 Å². The van der Waals surface area contributed by atoms with Gasteiger partial charge in [0.2, 0.25) is 5.91 Å². The van der Waals surface area contributed by atoms with Gasteiger partial charge in [0.15, 0.2) is 0 Å². The van der Waals surface area contributed by atoms with Crippen LogP contribution in [0.3, 0.4) is 0 Å². The predicted octanol–water partition coefficient (Wildman–Crippen LogP) is 2.44. The highest BCUT2D eigenvalue weighted by molar-refractivity contribution is 5.77. The van der Waals surface area contributed by atoms with Crippen LogP contribution in [0.1, 0.15) is 37.2 Å². The Balaban J connectivity index is 1.94. The van der Waals surface area contributed by atoms with Crippen molar-refractivity contribution in [3.63, 3.8) is 0 Å². The molecule has 0 saturated carbocycles. The fourth-order valence-electron chi connectivity index (χ4n) is 4.11. The standard InChI is InChI=1S/C18H24F2N2O2/c1-24-7-6-22-11-16(13-8-14(19)10-15(20)9-13)18(12-22)5-3-2-4-17(23)21-18/h8-10,16H,2-7,11-12H2,1H3,(H,21,23)/t16-,18+/m0/s1. The molecule has 2 saturated heterocycles. The molecular weight excluding hydrogens is 314 g/mol. The van der Waals surface area contributed by atoms with Crippen LogP contribution in [-0.4, -0.2) is 49.7 Å². The summed E-state index contributed by atoms with van der Waals surface area (Å²) in [7, 11) is 1.65. The first-order chi connectivity index (χ1) is 11.5. The van der Waals surface area contributed by atoms with E-state index in [1.165, 1.54) is 12.1 Å². The van der Waals surface area contributed by atoms with Crippen LogP contribution in [0, 0.1) is 11.6 Å². The molecule has 0 bridgehead atoms. The first-order valence-corrected chi connectivity index (χ1v) is 8.51. The maximum atomic E-state index is 13.7. The first kappa shape index (κ1) is 17.3. The van der Waals surface area contributed by atoms with Crippen molar-refractivity contribution in [2.75, 3.05) is 33.4 Å². The Morgan fingerprint density at radius 2 is 2.04 bits per heavy atom. The molecule has 1 aromatic rings. The highest BCUT2D eigenvalue weighted by atomic mass is 19.1. The topological polar surface area (TPSA) is 41.6 Å². The van der Waals surface area contributed by atoms with E-state index in [9.17, 15) is 13.6 Å². The fraction of sp³-hybridized carbons (Fsp3) is 0.611. The number of carbonyl (C=O) groups excluding carboxylic acids is 1. The van der Waals surface area contributed by atoms with Crippen LogP contribution in [0.2, 0.25) is 0 Å². The number of likely N-dealkylation sites (tertiary alicyclic amines) is 1. The van der Waals surface area contributed by atoms with Gasteiger partial charge in [0.1, 0.15) is 11.6 Å². The zero-order valence-corrected chi connectivity index (χ0v) is 14.0. The SMILES string of the molecule is COCCN1C[C@@H](c2cc(F)cc(F)c2)[C@@]2(CCCCC(=O)N2)C1. The predicted molar refractivity (Wildman–Crippen MR) is 86.8 cm³/mol. The minimum atomic E-state index is -0.574. The maximum absolute atomic E-state index is 13.7. The summed E-state index contributed by atoms with van der Waals surface area (Å²) in [5.41, 5.74) is 0.163. The lowest BCUT2D eigenvalue weighted by Crippen LogP contribution is -2.52. The second kappa shape index (κ2) is 7.15. The lowest BCUT2D eigenvalue weighted by Gasteiger charge is -2.35. The Morgan fingerprint density at radius 3 is 2.75 bits per heavy atom. The highest BCUT2D eigenvalue weighted by Gasteiger charge is 2.48. The Bertz CT molecular complexity index is 590. The molecule has 4 nitrogen and oxygen atoms in total. The number of rotatable bonds is 4. The molecule has 132 valence electrons. The van der Waals surface area contributed by atoms with Gasteiger partial charge < -0.3 is 10.1 Å². The van der Waals surface area contributed by atoms with Crippen molar-refractivity contribution in [1.82, 2.24) is 10.2 Å². The third-order valence-electron chi connectivity index (χ3n) is 5.18. The summed E-state index contributed by atoms with van der Waals surface area (Å²) < 4.78 is 32.6. The molecule has 0 aliphatic carbocycles. The van der Waals surface area contributed by atoms with Crippen molar-refractivity contribution in [2.45, 2.75) is 37.1 Å². The van der Waals surface area contributed by atoms with Crippen LogP contribution >= 0.6 is 0 Å². The Hall–Kier alpha value is -1.53. The number of methoxy groups -OCH3 is 1. The number of amides is 1. The van der Waals surface area contributed by atoms with E-state index in [1.807, 2.05) is 0 Å². The van der Waals surface area contributed by atoms with Crippen molar-refractivity contribution in [1.29, 1.82) is 0 Å². The van der Waals surface area contributed by atoms with E-state index >= 15 is 0 Å². The van der Waals surface area contributed by atoms with Crippen LogP contribution in [0.5, 0.6) is 0 Å². The third-order valence-corrected chi connectivity index (χ3v) is 5.18. The number of carbonyl (C=O) groups is 1. The van der Waals surface area contributed by atoms with Crippen LogP contribution < -0.4 is 5.32 Å². The molecule has 2 aliphatic rings. The average molecular weight is 338 g/mol. The minimum Gasteiger partial charge on any atom is -0.383 e. The molecular formula is C18H24F2N2O2. The summed E-state index contributed by atoms with van der Waals surface area (Å²) in [5, 5.41) is 3.18. The average Bonchev–Trinajstić information content (AvgIpc) is 2.75. The first-order valence-electron chi connectivity index (χ1n) is 8.51. The summed E-state index contributed by atoms with van der Waals surface area (Å²) in [5.74, 6) is -1.24. The smallest absolute Gasteiger partial charge is 0.220 e. The van der Waals surface area contributed by atoms with Gasteiger partial charge in [-0.25, -0.2) is 8.78 Å². The molecule has 0 aromatic heterocycles. The third kappa shape index (κ3) is 3.59. The second-order valence-electron chi connectivity index (χ2n) is 6.89. The Labute approximate surface area is 141 Å². The van der Waals surface area contributed by atoms with Crippen molar-refractivity contribution in [2.24, 2.45) is 0 Å². The number of nitrogens with one attached hydrogen (secondary N) is 1. The van der Waals surface area contributed by atoms with E-state index < -0.39 is 17.2 Å². The van der Waals surface area contributed by atoms with E-state index in [-0.39, 0.29) is 11.8 Å². The normalized spacial score (nSPS) is 28.1. The summed E-state index contributed by atoms with van der Waals surface area (Å²) in [6.45, 7) is 2.67. The number of benzene rings is 1. The lowest BCUT2D eigenvalue weighted by molar-refractivity contribution is -0.122. The number of hydrogen-bond acceptors (Lipinski definition) is 3. The summed E-state index contributed by atoms with van der Waals surface area (Å²) in [6, 6.07) is 3.68. The van der Waals surface area contributed by atoms with Crippen molar-refractivity contribution in [3.8, 4) is 0 Å². The molecule has 6 heteroatoms. The fourth-order valence-corrected chi connectivity index (χ4v) is 4.11. The zero-order valence-electron chi connectivity index (χ0n) is 14.0. The molecule has 24 heavy (non-hydrogen) atoms. The summed E-state index contributed by atoms with van der Waals surface area (Å²) in [6.07, 6.45) is 3.14. The molecule has 3 rings (SSSR count). The molecule has 1 spiro atoms. The van der Waals surface area contributed by atoms with Gasteiger partial charge in [-0.05, 0) is 30.5 Å².